The predicted octanol–water partition coefficient (Wildman–Crippen LogP) is 1.39. The minimum atomic E-state index is -0.637. The van der Waals surface area contributed by atoms with Crippen LogP contribution in [-0.4, -0.2) is 25.5 Å². The Balaban J connectivity index is 1.82. The number of nitrogens with zero attached hydrogens (tertiary/aromatic N) is 5. The highest BCUT2D eigenvalue weighted by molar-refractivity contribution is 9.10. The second-order valence-electron chi connectivity index (χ2n) is 5.52. The van der Waals surface area contributed by atoms with E-state index in [1.807, 2.05) is 0 Å². The zero-order chi connectivity index (χ0) is 20.6. The molecule has 0 amide bonds. The summed E-state index contributed by atoms with van der Waals surface area (Å²) in [5.74, 6) is -1.40. The second kappa shape index (κ2) is 7.41. The van der Waals surface area contributed by atoms with Crippen molar-refractivity contribution in [2.24, 2.45) is 18.5 Å². The fourth-order valence-corrected chi connectivity index (χ4v) is 2.70. The molecule has 0 radical (unpaired) electrons. The van der Waals surface area contributed by atoms with E-state index in [4.69, 9.17) is 26.7 Å². The second-order valence-corrected chi connectivity index (χ2v) is 6.38. The van der Waals surface area contributed by atoms with Gasteiger partial charge < -0.3 is 21.6 Å². The zero-order valence-electron chi connectivity index (χ0n) is 14.3. The van der Waals surface area contributed by atoms with Gasteiger partial charge in [0.15, 0.2) is 5.70 Å². The van der Waals surface area contributed by atoms with Crippen molar-refractivity contribution in [3.8, 4) is 0 Å². The fraction of sp³-hybridized carbons (Fsp3) is 0.143. The summed E-state index contributed by atoms with van der Waals surface area (Å²) in [6.07, 6.45) is 1.26. The van der Waals surface area contributed by atoms with E-state index in [0.717, 1.165) is 10.3 Å². The number of hydrogen-bond acceptors (Lipinski definition) is 9. The van der Waals surface area contributed by atoms with Gasteiger partial charge in [-0.05, 0) is 39.1 Å². The van der Waals surface area contributed by atoms with Crippen LogP contribution in [0.25, 0.3) is 0 Å². The summed E-state index contributed by atoms with van der Waals surface area (Å²) < 4.78 is 14.9. The van der Waals surface area contributed by atoms with Crippen molar-refractivity contribution in [2.75, 3.05) is 5.06 Å². The Labute approximate surface area is 165 Å². The quantitative estimate of drug-likeness (QED) is 0.445. The molecule has 0 unspecified atom stereocenters. The number of hydrogen-bond donors (Lipinski definition) is 3. The van der Waals surface area contributed by atoms with Crippen LogP contribution in [0.15, 0.2) is 40.4 Å². The maximum absolute atomic E-state index is 13.5. The van der Waals surface area contributed by atoms with Crippen LogP contribution in [0, 0.1) is 21.3 Å². The molecule has 1 aliphatic heterocycles. The minimum absolute atomic E-state index is 0.0190. The SMILES string of the molecule is Cn1c(CON2ON(c3ccc(F)c(Br)c3)C(=C(N)N)C2=N)cnc1[N+](=O)[O-]. The van der Waals surface area contributed by atoms with E-state index in [1.54, 1.807) is 0 Å². The maximum atomic E-state index is 13.5. The van der Waals surface area contributed by atoms with Crippen LogP contribution in [0.3, 0.4) is 0 Å². The molecule has 12 nitrogen and oxygen atoms in total. The first kappa shape index (κ1) is 19.5. The molecule has 1 aromatic carbocycles. The smallest absolute Gasteiger partial charge is 0.390 e. The number of aromatic nitrogens is 2. The molecule has 1 saturated heterocycles. The van der Waals surface area contributed by atoms with Gasteiger partial charge in [0.2, 0.25) is 5.84 Å². The van der Waals surface area contributed by atoms with Crippen molar-refractivity contribution in [2.45, 2.75) is 6.61 Å². The highest BCUT2D eigenvalue weighted by Crippen LogP contribution is 2.31. The molecule has 0 aliphatic carbocycles. The highest BCUT2D eigenvalue weighted by atomic mass is 79.9. The molecule has 3 rings (SSSR count). The first-order valence-corrected chi connectivity index (χ1v) is 8.35. The Bertz CT molecular complexity index is 990. The number of nitrogens with one attached hydrogen (secondary N) is 1. The normalized spacial score (nSPS) is 14.1. The fourth-order valence-electron chi connectivity index (χ4n) is 2.33. The van der Waals surface area contributed by atoms with Crippen LogP contribution >= 0.6 is 15.9 Å². The number of nitro groups is 1. The summed E-state index contributed by atoms with van der Waals surface area (Å²) >= 11 is 3.06. The largest absolute Gasteiger partial charge is 0.434 e. The van der Waals surface area contributed by atoms with Gasteiger partial charge in [-0.1, -0.05) is 10.2 Å². The third-order valence-corrected chi connectivity index (χ3v) is 4.34. The van der Waals surface area contributed by atoms with E-state index in [2.05, 4.69) is 20.9 Å². The Hall–Kier alpha value is -3.23. The molecule has 0 spiro atoms. The van der Waals surface area contributed by atoms with Gasteiger partial charge in [-0.2, -0.15) is 5.06 Å². The van der Waals surface area contributed by atoms with Crippen LogP contribution in [0.5, 0.6) is 0 Å². The van der Waals surface area contributed by atoms with Gasteiger partial charge in [0.05, 0.1) is 17.2 Å². The standard InChI is InChI=1S/C14H14BrFN8O4/c1-21-8(5-20-14(21)23(25)26)6-27-24-13(19)11(12(17)18)22(28-24)7-2-3-10(16)9(15)4-7/h2-5,19H,6,17-18H2,1H3. The lowest BCUT2D eigenvalue weighted by atomic mass is 10.3. The summed E-state index contributed by atoms with van der Waals surface area (Å²) in [6.45, 7) is -0.196. The van der Waals surface area contributed by atoms with Crippen molar-refractivity contribution < 1.29 is 19.1 Å². The Morgan fingerprint density at radius 3 is 2.79 bits per heavy atom. The number of imidazole rings is 1. The molecule has 1 aliphatic rings. The zero-order valence-corrected chi connectivity index (χ0v) is 15.9. The first-order valence-electron chi connectivity index (χ1n) is 7.56. The number of nitrogens with two attached hydrogens (primary N) is 2. The average molecular weight is 457 g/mol. The number of hydroxylamine groups is 3. The highest BCUT2D eigenvalue weighted by Gasteiger charge is 2.37. The van der Waals surface area contributed by atoms with E-state index in [9.17, 15) is 14.5 Å². The summed E-state index contributed by atoms with van der Waals surface area (Å²) in [7, 11) is 1.45. The number of benzene rings is 1. The van der Waals surface area contributed by atoms with Gasteiger partial charge in [0.1, 0.15) is 30.1 Å². The Morgan fingerprint density at radius 1 is 1.50 bits per heavy atom. The van der Waals surface area contributed by atoms with Gasteiger partial charge in [0.25, 0.3) is 0 Å². The van der Waals surface area contributed by atoms with E-state index >= 15 is 0 Å². The van der Waals surface area contributed by atoms with E-state index in [0.29, 0.717) is 11.4 Å². The van der Waals surface area contributed by atoms with Gasteiger partial charge in [0, 0.05) is 0 Å². The molecular formula is C14H14BrFN8O4. The molecule has 2 aromatic rings. The summed E-state index contributed by atoms with van der Waals surface area (Å²) in [5.41, 5.74) is 12.0. The van der Waals surface area contributed by atoms with Gasteiger partial charge >= 0.3 is 5.95 Å². The summed E-state index contributed by atoms with van der Waals surface area (Å²) in [5, 5.41) is 20.8. The molecule has 1 fully saturated rings. The topological polar surface area (TPSA) is 162 Å². The Morgan fingerprint density at radius 2 is 2.21 bits per heavy atom. The number of amidine groups is 1. The lowest BCUT2D eigenvalue weighted by Crippen LogP contribution is -2.26. The molecule has 1 aromatic heterocycles. The van der Waals surface area contributed by atoms with Gasteiger partial charge in [-0.25, -0.2) is 13.8 Å². The van der Waals surface area contributed by atoms with Gasteiger partial charge in [-0.15, -0.1) is 4.94 Å². The molecule has 0 bridgehead atoms. The molecule has 5 N–H and O–H groups in total. The van der Waals surface area contributed by atoms with Gasteiger partial charge in [-0.3, -0.25) is 5.41 Å². The van der Waals surface area contributed by atoms with E-state index in [1.165, 1.54) is 36.0 Å². The molecule has 28 heavy (non-hydrogen) atoms. The number of halogens is 2. The van der Waals surface area contributed by atoms with Crippen LogP contribution < -0.4 is 16.5 Å². The lowest BCUT2D eigenvalue weighted by Gasteiger charge is -2.18. The maximum Gasteiger partial charge on any atom is 0.434 e. The lowest BCUT2D eigenvalue weighted by molar-refractivity contribution is -0.396. The molecule has 14 heteroatoms. The van der Waals surface area contributed by atoms with Crippen LogP contribution in [-0.2, 0) is 23.4 Å². The summed E-state index contributed by atoms with van der Waals surface area (Å²) in [4.78, 5) is 24.7. The van der Waals surface area contributed by atoms with E-state index < -0.39 is 10.7 Å². The minimum Gasteiger partial charge on any atom is -0.390 e. The summed E-state index contributed by atoms with van der Waals surface area (Å²) in [6, 6.07) is 3.98. The molecule has 148 valence electrons. The third-order valence-electron chi connectivity index (χ3n) is 3.73. The van der Waals surface area contributed by atoms with E-state index in [-0.39, 0.29) is 34.4 Å². The van der Waals surface area contributed by atoms with Crippen molar-refractivity contribution in [1.82, 2.24) is 14.8 Å². The van der Waals surface area contributed by atoms with Crippen molar-refractivity contribution in [3.05, 3.63) is 62.0 Å². The molecular weight excluding hydrogens is 443 g/mol. The number of anilines is 1. The van der Waals surface area contributed by atoms with Crippen molar-refractivity contribution in [1.29, 1.82) is 5.41 Å². The Kier molecular flexibility index (Phi) is 5.17. The average Bonchev–Trinajstić information content (AvgIpc) is 3.15. The number of rotatable bonds is 5. The molecule has 0 saturated carbocycles. The van der Waals surface area contributed by atoms with Crippen LogP contribution in [0.1, 0.15) is 5.69 Å². The first-order chi connectivity index (χ1) is 13.2. The van der Waals surface area contributed by atoms with Crippen LogP contribution in [0.4, 0.5) is 16.0 Å². The third kappa shape index (κ3) is 3.47. The predicted molar refractivity (Wildman–Crippen MR) is 97.3 cm³/mol. The van der Waals surface area contributed by atoms with Crippen molar-refractivity contribution >= 4 is 33.4 Å². The van der Waals surface area contributed by atoms with Crippen molar-refractivity contribution in [3.63, 3.8) is 0 Å². The monoisotopic (exact) mass is 456 g/mol. The van der Waals surface area contributed by atoms with Crippen LogP contribution in [0.2, 0.25) is 0 Å². The molecule has 0 atom stereocenters. The molecule has 2 heterocycles.